The molecule has 0 unspecified atom stereocenters. The number of carbonyl (C=O) groups is 1. The third kappa shape index (κ3) is 2.86. The molecule has 0 aliphatic carbocycles. The molecule has 1 aromatic heterocycles. The summed E-state index contributed by atoms with van der Waals surface area (Å²) < 4.78 is 5.53. The van der Waals surface area contributed by atoms with Gasteiger partial charge in [0.05, 0.1) is 17.4 Å². The van der Waals surface area contributed by atoms with Gasteiger partial charge in [0.15, 0.2) is 0 Å². The largest absolute Gasteiger partial charge is 0.444 e. The summed E-state index contributed by atoms with van der Waals surface area (Å²) in [5.41, 5.74) is 0.436. The lowest BCUT2D eigenvalue weighted by Gasteiger charge is -2.20. The summed E-state index contributed by atoms with van der Waals surface area (Å²) in [6.45, 7) is 4.01. The molecule has 0 spiro atoms. The summed E-state index contributed by atoms with van der Waals surface area (Å²) in [7, 11) is 0. The Morgan fingerprint density at radius 3 is 2.68 bits per heavy atom. The predicted octanol–water partition coefficient (Wildman–Crippen LogP) is 2.78. The number of rotatable bonds is 6. The van der Waals surface area contributed by atoms with Crippen molar-refractivity contribution >= 4 is 34.6 Å². The number of fused-ring (bicyclic) bond motifs is 1. The molecular weight excluding hydrogens is 384 g/mol. The first-order valence-corrected chi connectivity index (χ1v) is 9.17. The smallest absolute Gasteiger partial charge is 0.254 e. The number of hydrogen-bond acceptors (Lipinski definition) is 7. The molecule has 9 heteroatoms. The molecule has 2 aromatic carbocycles. The van der Waals surface area contributed by atoms with Crippen LogP contribution >= 0.6 is 11.6 Å². The molecule has 0 fully saturated rings. The molecule has 1 aliphatic rings. The minimum atomic E-state index is -0.650. The summed E-state index contributed by atoms with van der Waals surface area (Å²) >= 11 is 6.15. The van der Waals surface area contributed by atoms with Crippen molar-refractivity contribution in [3.05, 3.63) is 66.6 Å². The van der Waals surface area contributed by atoms with Crippen LogP contribution in [0.15, 0.2) is 32.3 Å². The zero-order valence-corrected chi connectivity index (χ0v) is 15.9. The molecule has 28 heavy (non-hydrogen) atoms. The molecule has 0 radical (unpaired) electrons. The number of nitrogens with one attached hydrogen (secondary N) is 3. The highest BCUT2D eigenvalue weighted by Gasteiger charge is 2.29. The maximum atomic E-state index is 12.2. The van der Waals surface area contributed by atoms with Gasteiger partial charge in [-0.2, -0.15) is 0 Å². The van der Waals surface area contributed by atoms with Crippen molar-refractivity contribution in [2.24, 2.45) is 0 Å². The van der Waals surface area contributed by atoms with E-state index in [0.29, 0.717) is 46.5 Å². The molecule has 4 rings (SSSR count). The number of anilines is 3. The van der Waals surface area contributed by atoms with E-state index >= 15 is 0 Å². The first kappa shape index (κ1) is 18.2. The molecule has 3 aromatic rings. The highest BCUT2D eigenvalue weighted by atomic mass is 35.5. The summed E-state index contributed by atoms with van der Waals surface area (Å²) in [5, 5.41) is 9.14. The molecule has 1 aliphatic heterocycles. The number of benzene rings is 1. The van der Waals surface area contributed by atoms with Crippen molar-refractivity contribution in [1.82, 2.24) is 10.3 Å². The lowest BCUT2D eigenvalue weighted by atomic mass is 10.1. The SMILES string of the molecule is CC[C@@H](Nc1c(Nc2ccc(Cl)c3c2C(=O)NC3)c(=O)c1=O)c1ncc(C)o1. The molecule has 0 saturated carbocycles. The molecular formula is C19H17ClN4O4. The van der Waals surface area contributed by atoms with Gasteiger partial charge < -0.3 is 20.4 Å². The van der Waals surface area contributed by atoms with Gasteiger partial charge in [-0.25, -0.2) is 4.98 Å². The minimum absolute atomic E-state index is 0.107. The Morgan fingerprint density at radius 1 is 1.25 bits per heavy atom. The van der Waals surface area contributed by atoms with Crippen LogP contribution < -0.4 is 26.8 Å². The van der Waals surface area contributed by atoms with E-state index < -0.39 is 10.9 Å². The highest BCUT2D eigenvalue weighted by Crippen LogP contribution is 2.34. The Balaban J connectivity index is 1.66. The van der Waals surface area contributed by atoms with Crippen molar-refractivity contribution in [3.63, 3.8) is 0 Å². The monoisotopic (exact) mass is 400 g/mol. The van der Waals surface area contributed by atoms with Crippen LogP contribution in [0.4, 0.5) is 17.1 Å². The van der Waals surface area contributed by atoms with Crippen LogP contribution in [0, 0.1) is 6.92 Å². The predicted molar refractivity (Wildman–Crippen MR) is 105 cm³/mol. The van der Waals surface area contributed by atoms with Gasteiger partial charge in [0, 0.05) is 17.1 Å². The Kier molecular flexibility index (Phi) is 4.43. The van der Waals surface area contributed by atoms with Gasteiger partial charge in [0.1, 0.15) is 23.2 Å². The summed E-state index contributed by atoms with van der Waals surface area (Å²) in [5.74, 6) is 0.807. The van der Waals surface area contributed by atoms with Crippen LogP contribution in [0.3, 0.4) is 0 Å². The molecule has 2 heterocycles. The van der Waals surface area contributed by atoms with Gasteiger partial charge in [-0.3, -0.25) is 14.4 Å². The second kappa shape index (κ2) is 6.79. The van der Waals surface area contributed by atoms with Gasteiger partial charge >= 0.3 is 0 Å². The fraction of sp³-hybridized carbons (Fsp3) is 0.263. The third-order valence-electron chi connectivity index (χ3n) is 4.74. The van der Waals surface area contributed by atoms with E-state index in [1.807, 2.05) is 6.92 Å². The van der Waals surface area contributed by atoms with Crippen LogP contribution in [-0.2, 0) is 6.54 Å². The Bertz CT molecular complexity index is 1160. The van der Waals surface area contributed by atoms with Crippen molar-refractivity contribution < 1.29 is 9.21 Å². The van der Waals surface area contributed by atoms with Crippen molar-refractivity contribution in [2.45, 2.75) is 32.9 Å². The zero-order chi connectivity index (χ0) is 20.0. The summed E-state index contributed by atoms with van der Waals surface area (Å²) in [4.78, 5) is 40.6. The molecule has 3 N–H and O–H groups in total. The van der Waals surface area contributed by atoms with Gasteiger partial charge in [0.2, 0.25) is 5.89 Å². The van der Waals surface area contributed by atoms with Gasteiger partial charge in [0.25, 0.3) is 16.8 Å². The minimum Gasteiger partial charge on any atom is -0.444 e. The molecule has 1 amide bonds. The zero-order valence-electron chi connectivity index (χ0n) is 15.2. The summed E-state index contributed by atoms with van der Waals surface area (Å²) in [6, 6.07) is 2.89. The topological polar surface area (TPSA) is 113 Å². The maximum absolute atomic E-state index is 12.2. The number of halogens is 1. The van der Waals surface area contributed by atoms with E-state index in [9.17, 15) is 14.4 Å². The quantitative estimate of drug-likeness (QED) is 0.545. The Labute approximate surface area is 164 Å². The van der Waals surface area contributed by atoms with Crippen molar-refractivity contribution in [1.29, 1.82) is 0 Å². The second-order valence-electron chi connectivity index (χ2n) is 6.58. The number of aromatic nitrogens is 1. The van der Waals surface area contributed by atoms with E-state index in [1.54, 1.807) is 25.3 Å². The third-order valence-corrected chi connectivity index (χ3v) is 5.10. The average molecular weight is 401 g/mol. The first-order valence-electron chi connectivity index (χ1n) is 8.79. The van der Waals surface area contributed by atoms with Gasteiger partial charge in [-0.05, 0) is 25.5 Å². The Hall–Kier alpha value is -3.13. The fourth-order valence-electron chi connectivity index (χ4n) is 3.24. The highest BCUT2D eigenvalue weighted by molar-refractivity contribution is 6.32. The van der Waals surface area contributed by atoms with Crippen molar-refractivity contribution in [2.75, 3.05) is 10.6 Å². The van der Waals surface area contributed by atoms with Crippen molar-refractivity contribution in [3.8, 4) is 0 Å². The van der Waals surface area contributed by atoms with E-state index in [1.165, 1.54) is 0 Å². The molecule has 8 nitrogen and oxygen atoms in total. The van der Waals surface area contributed by atoms with Gasteiger partial charge in [-0.15, -0.1) is 0 Å². The molecule has 0 saturated heterocycles. The Morgan fingerprint density at radius 2 is 2.00 bits per heavy atom. The number of amides is 1. The van der Waals surface area contributed by atoms with Crippen LogP contribution in [-0.4, -0.2) is 10.9 Å². The summed E-state index contributed by atoms with van der Waals surface area (Å²) in [6.07, 6.45) is 2.19. The molecule has 1 atom stereocenters. The van der Waals surface area contributed by atoms with E-state index in [2.05, 4.69) is 20.9 Å². The number of aryl methyl sites for hydroxylation is 1. The normalized spacial score (nSPS) is 14.0. The van der Waals surface area contributed by atoms with Crippen LogP contribution in [0.5, 0.6) is 0 Å². The van der Waals surface area contributed by atoms with Crippen LogP contribution in [0.25, 0.3) is 0 Å². The number of hydrogen-bond donors (Lipinski definition) is 3. The van der Waals surface area contributed by atoms with Gasteiger partial charge in [-0.1, -0.05) is 18.5 Å². The first-order chi connectivity index (χ1) is 13.4. The second-order valence-corrected chi connectivity index (χ2v) is 6.99. The lowest BCUT2D eigenvalue weighted by molar-refractivity contribution is 0.0966. The van der Waals surface area contributed by atoms with Crippen LogP contribution in [0.2, 0.25) is 5.02 Å². The average Bonchev–Trinajstić information content (AvgIpc) is 3.29. The van der Waals surface area contributed by atoms with E-state index in [0.717, 1.165) is 0 Å². The van der Waals surface area contributed by atoms with E-state index in [-0.39, 0.29) is 23.3 Å². The fourth-order valence-corrected chi connectivity index (χ4v) is 3.47. The number of carbonyl (C=O) groups excluding carboxylic acids is 1. The van der Waals surface area contributed by atoms with Crippen LogP contribution in [0.1, 0.15) is 47.0 Å². The molecule has 0 bridgehead atoms. The standard InChI is InChI=1S/C19H17ClN4O4/c1-3-11(19-22-6-8(2)28-19)23-14-15(17(26)16(14)25)24-12-5-4-10(20)9-7-21-18(27)13(9)12/h4-6,11,23-24H,3,7H2,1-2H3,(H,21,27)/t11-/m1/s1. The lowest BCUT2D eigenvalue weighted by Crippen LogP contribution is -2.37. The van der Waals surface area contributed by atoms with E-state index in [4.69, 9.17) is 16.0 Å². The molecule has 144 valence electrons. The maximum Gasteiger partial charge on any atom is 0.254 e. The number of nitrogens with zero attached hydrogens (tertiary/aromatic N) is 1. The number of oxazole rings is 1.